The molecule has 0 atom stereocenters. The number of carbonyl (C=O) groups is 2. The van der Waals surface area contributed by atoms with E-state index in [1.165, 1.54) is 0 Å². The highest BCUT2D eigenvalue weighted by Crippen LogP contribution is 2.12. The number of hydrogen-bond donors (Lipinski definition) is 2. The van der Waals surface area contributed by atoms with Crippen molar-refractivity contribution in [2.75, 3.05) is 19.0 Å². The third-order valence-corrected chi connectivity index (χ3v) is 2.24. The molecule has 0 saturated heterocycles. The van der Waals surface area contributed by atoms with Gasteiger partial charge in [-0.05, 0) is 26.2 Å². The van der Waals surface area contributed by atoms with E-state index in [1.807, 2.05) is 13.8 Å². The van der Waals surface area contributed by atoms with Gasteiger partial charge in [0.2, 0.25) is 5.91 Å². The fourth-order valence-corrected chi connectivity index (χ4v) is 1.17. The van der Waals surface area contributed by atoms with Crippen molar-refractivity contribution >= 4 is 23.6 Å². The molecule has 106 valence electrons. The number of rotatable bonds is 5. The predicted octanol–water partition coefficient (Wildman–Crippen LogP) is 1.89. The van der Waals surface area contributed by atoms with Gasteiger partial charge in [-0.1, -0.05) is 13.8 Å². The second-order valence-electron chi connectivity index (χ2n) is 5.93. The van der Waals surface area contributed by atoms with E-state index in [0.29, 0.717) is 13.1 Å². The van der Waals surface area contributed by atoms with Crippen LogP contribution in [0, 0.1) is 5.41 Å². The molecule has 0 rings (SSSR count). The Balaban J connectivity index is 4.03. The highest BCUT2D eigenvalue weighted by atomic mass is 35.5. The van der Waals surface area contributed by atoms with Crippen LogP contribution in [0.15, 0.2) is 0 Å². The molecule has 0 aromatic heterocycles. The lowest BCUT2D eigenvalue weighted by atomic mass is 9.93. The number of nitrogens with one attached hydrogen (secondary N) is 2. The van der Waals surface area contributed by atoms with Crippen LogP contribution >= 0.6 is 11.6 Å². The first-order valence-corrected chi connectivity index (χ1v) is 6.39. The van der Waals surface area contributed by atoms with Gasteiger partial charge in [0.25, 0.3) is 0 Å². The Morgan fingerprint density at radius 3 is 2.00 bits per heavy atom. The first-order chi connectivity index (χ1) is 8.06. The number of alkyl halides is 1. The average Bonchev–Trinajstić information content (AvgIpc) is 2.21. The minimum atomic E-state index is -0.513. The molecule has 0 aromatic carbocycles. The Kier molecular flexibility index (Phi) is 6.46. The molecule has 18 heavy (non-hydrogen) atoms. The van der Waals surface area contributed by atoms with Crippen molar-refractivity contribution in [2.45, 2.75) is 40.2 Å². The SMILES string of the molecule is CC(C)(CNC(=O)CCl)CNC(=O)OC(C)(C)C. The van der Waals surface area contributed by atoms with E-state index < -0.39 is 11.7 Å². The van der Waals surface area contributed by atoms with Crippen molar-refractivity contribution < 1.29 is 14.3 Å². The van der Waals surface area contributed by atoms with Crippen molar-refractivity contribution in [1.29, 1.82) is 0 Å². The third kappa shape index (κ3) is 9.10. The summed E-state index contributed by atoms with van der Waals surface area (Å²) in [5.74, 6) is -0.280. The smallest absolute Gasteiger partial charge is 0.407 e. The molecule has 0 fully saturated rings. The number of ether oxygens (including phenoxy) is 1. The molecule has 0 radical (unpaired) electrons. The highest BCUT2D eigenvalue weighted by molar-refractivity contribution is 6.27. The zero-order valence-electron chi connectivity index (χ0n) is 11.7. The molecule has 0 bridgehead atoms. The summed E-state index contributed by atoms with van der Waals surface area (Å²) in [6.07, 6.45) is -0.459. The van der Waals surface area contributed by atoms with Gasteiger partial charge in [0.05, 0.1) is 0 Å². The monoisotopic (exact) mass is 278 g/mol. The quantitative estimate of drug-likeness (QED) is 0.755. The minimum absolute atomic E-state index is 0.0599. The summed E-state index contributed by atoms with van der Waals surface area (Å²) in [5.41, 5.74) is -0.778. The molecule has 0 aliphatic heterocycles. The van der Waals surface area contributed by atoms with Crippen molar-refractivity contribution in [3.63, 3.8) is 0 Å². The van der Waals surface area contributed by atoms with Crippen LogP contribution in [0.1, 0.15) is 34.6 Å². The van der Waals surface area contributed by atoms with Crippen molar-refractivity contribution in [2.24, 2.45) is 5.41 Å². The maximum Gasteiger partial charge on any atom is 0.407 e. The first kappa shape index (κ1) is 17.0. The first-order valence-electron chi connectivity index (χ1n) is 5.85. The van der Waals surface area contributed by atoms with Crippen LogP contribution < -0.4 is 10.6 Å². The number of hydrogen-bond acceptors (Lipinski definition) is 3. The van der Waals surface area contributed by atoms with Gasteiger partial charge in [0.1, 0.15) is 11.5 Å². The number of carbonyl (C=O) groups excluding carboxylic acids is 2. The third-order valence-electron chi connectivity index (χ3n) is 2.00. The molecule has 5 nitrogen and oxygen atoms in total. The summed E-state index contributed by atoms with van der Waals surface area (Å²) in [6, 6.07) is 0. The zero-order chi connectivity index (χ0) is 14.4. The summed E-state index contributed by atoms with van der Waals surface area (Å²) >= 11 is 5.38. The molecule has 2 N–H and O–H groups in total. The zero-order valence-corrected chi connectivity index (χ0v) is 12.5. The van der Waals surface area contributed by atoms with Crippen molar-refractivity contribution in [1.82, 2.24) is 10.6 Å². The van der Waals surface area contributed by atoms with Crippen LogP contribution in [0.25, 0.3) is 0 Å². The predicted molar refractivity (Wildman–Crippen MR) is 71.7 cm³/mol. The molecule has 0 spiro atoms. The molecule has 0 saturated carbocycles. The fourth-order valence-electron chi connectivity index (χ4n) is 1.07. The lowest BCUT2D eigenvalue weighted by Crippen LogP contribution is -2.43. The number of alkyl carbamates (subject to hydrolysis) is 1. The number of amides is 2. The second-order valence-corrected chi connectivity index (χ2v) is 6.20. The second kappa shape index (κ2) is 6.83. The Morgan fingerprint density at radius 2 is 1.56 bits per heavy atom. The van der Waals surface area contributed by atoms with E-state index in [2.05, 4.69) is 10.6 Å². The highest BCUT2D eigenvalue weighted by Gasteiger charge is 2.22. The lowest BCUT2D eigenvalue weighted by Gasteiger charge is -2.26. The van der Waals surface area contributed by atoms with Crippen LogP contribution in [0.2, 0.25) is 0 Å². The molecular weight excluding hydrogens is 256 g/mol. The topological polar surface area (TPSA) is 67.4 Å². The lowest BCUT2D eigenvalue weighted by molar-refractivity contribution is -0.119. The van der Waals surface area contributed by atoms with E-state index in [9.17, 15) is 9.59 Å². The van der Waals surface area contributed by atoms with Crippen LogP contribution in [0.4, 0.5) is 4.79 Å². The summed E-state index contributed by atoms with van der Waals surface area (Å²) in [7, 11) is 0. The van der Waals surface area contributed by atoms with Crippen molar-refractivity contribution in [3.05, 3.63) is 0 Å². The summed E-state index contributed by atoms with van der Waals surface area (Å²) in [5, 5.41) is 5.36. The average molecular weight is 279 g/mol. The van der Waals surface area contributed by atoms with Gasteiger partial charge in [0, 0.05) is 13.1 Å². The van der Waals surface area contributed by atoms with E-state index >= 15 is 0 Å². The van der Waals surface area contributed by atoms with Gasteiger partial charge in [-0.2, -0.15) is 0 Å². The molecule has 0 aliphatic carbocycles. The minimum Gasteiger partial charge on any atom is -0.444 e. The molecule has 6 heteroatoms. The van der Waals surface area contributed by atoms with Gasteiger partial charge < -0.3 is 15.4 Å². The fraction of sp³-hybridized carbons (Fsp3) is 0.833. The van der Waals surface area contributed by atoms with E-state index in [-0.39, 0.29) is 17.2 Å². The van der Waals surface area contributed by atoms with Gasteiger partial charge in [-0.15, -0.1) is 11.6 Å². The number of halogens is 1. The van der Waals surface area contributed by atoms with Crippen LogP contribution in [0.3, 0.4) is 0 Å². The summed E-state index contributed by atoms with van der Waals surface area (Å²) < 4.78 is 5.12. The van der Waals surface area contributed by atoms with Gasteiger partial charge in [-0.3, -0.25) is 4.79 Å². The van der Waals surface area contributed by atoms with E-state index in [1.54, 1.807) is 20.8 Å². The maximum atomic E-state index is 11.5. The normalized spacial score (nSPS) is 11.9. The van der Waals surface area contributed by atoms with Gasteiger partial charge >= 0.3 is 6.09 Å². The van der Waals surface area contributed by atoms with Crippen molar-refractivity contribution in [3.8, 4) is 0 Å². The largest absolute Gasteiger partial charge is 0.444 e. The van der Waals surface area contributed by atoms with Gasteiger partial charge in [0.15, 0.2) is 0 Å². The van der Waals surface area contributed by atoms with E-state index in [4.69, 9.17) is 16.3 Å². The molecule has 0 unspecified atom stereocenters. The van der Waals surface area contributed by atoms with E-state index in [0.717, 1.165) is 0 Å². The van der Waals surface area contributed by atoms with Gasteiger partial charge in [-0.25, -0.2) is 4.79 Å². The van der Waals surface area contributed by atoms with Crippen LogP contribution in [-0.2, 0) is 9.53 Å². The molecular formula is C12H23ClN2O3. The molecule has 0 heterocycles. The Labute approximate surface area is 114 Å². The standard InChI is InChI=1S/C12H23ClN2O3/c1-11(2,3)18-10(17)15-8-12(4,5)7-14-9(16)6-13/h6-8H2,1-5H3,(H,14,16)(H,15,17). The summed E-state index contributed by atoms with van der Waals surface area (Å²) in [6.45, 7) is 10.1. The summed E-state index contributed by atoms with van der Waals surface area (Å²) in [4.78, 5) is 22.5. The Bertz CT molecular complexity index is 298. The Morgan fingerprint density at radius 1 is 1.06 bits per heavy atom. The molecule has 0 aliphatic rings. The van der Waals surface area contributed by atoms with Crippen LogP contribution in [-0.4, -0.2) is 36.6 Å². The molecule has 0 aromatic rings. The Hall–Kier alpha value is -0.970. The molecule has 2 amide bonds. The van der Waals surface area contributed by atoms with Crippen LogP contribution in [0.5, 0.6) is 0 Å². The maximum absolute atomic E-state index is 11.5.